The maximum absolute atomic E-state index is 6.26. The van der Waals surface area contributed by atoms with Crippen LogP contribution in [0.5, 0.6) is 11.5 Å². The SMILES string of the molecule is COc1ccc(CNc2ccc(-n3nc(C)cc3C)nn2)c(OC2CCCC2)c1. The Labute approximate surface area is 171 Å². The average molecular weight is 393 g/mol. The second-order valence-corrected chi connectivity index (χ2v) is 7.47. The van der Waals surface area contributed by atoms with Crippen molar-refractivity contribution in [2.75, 3.05) is 12.4 Å². The van der Waals surface area contributed by atoms with Crippen LogP contribution in [0.4, 0.5) is 5.82 Å². The van der Waals surface area contributed by atoms with E-state index < -0.39 is 0 Å². The van der Waals surface area contributed by atoms with Crippen molar-refractivity contribution in [1.82, 2.24) is 20.0 Å². The second-order valence-electron chi connectivity index (χ2n) is 7.47. The first-order valence-electron chi connectivity index (χ1n) is 10.1. The fraction of sp³-hybridized carbons (Fsp3) is 0.409. The first kappa shape index (κ1) is 19.2. The quantitative estimate of drug-likeness (QED) is 0.648. The Morgan fingerprint density at radius 3 is 2.55 bits per heavy atom. The van der Waals surface area contributed by atoms with Crippen molar-refractivity contribution in [3.63, 3.8) is 0 Å². The van der Waals surface area contributed by atoms with E-state index in [-0.39, 0.29) is 0 Å². The third kappa shape index (κ3) is 4.50. The van der Waals surface area contributed by atoms with Crippen LogP contribution in [-0.4, -0.2) is 33.2 Å². The predicted molar refractivity (Wildman–Crippen MR) is 112 cm³/mol. The standard InChI is InChI=1S/C22H27N5O2/c1-15-12-16(2)27(26-15)22-11-10-21(24-25-22)23-14-17-8-9-19(28-3)13-20(17)29-18-6-4-5-7-18/h8-13,18H,4-7,14H2,1-3H3,(H,23,24). The third-order valence-electron chi connectivity index (χ3n) is 5.21. The lowest BCUT2D eigenvalue weighted by atomic mass is 10.1. The highest BCUT2D eigenvalue weighted by atomic mass is 16.5. The van der Waals surface area contributed by atoms with Crippen molar-refractivity contribution < 1.29 is 9.47 Å². The zero-order valence-electron chi connectivity index (χ0n) is 17.2. The van der Waals surface area contributed by atoms with Gasteiger partial charge in [-0.3, -0.25) is 0 Å². The predicted octanol–water partition coefficient (Wildman–Crippen LogP) is 4.22. The van der Waals surface area contributed by atoms with Gasteiger partial charge in [-0.15, -0.1) is 10.2 Å². The Balaban J connectivity index is 1.46. The maximum atomic E-state index is 6.26. The molecule has 3 aromatic rings. The van der Waals surface area contributed by atoms with Gasteiger partial charge in [0, 0.05) is 23.9 Å². The van der Waals surface area contributed by atoms with Gasteiger partial charge in [-0.25, -0.2) is 4.68 Å². The molecule has 0 amide bonds. The van der Waals surface area contributed by atoms with Gasteiger partial charge in [-0.05, 0) is 69.9 Å². The molecule has 0 atom stereocenters. The topological polar surface area (TPSA) is 74.1 Å². The van der Waals surface area contributed by atoms with Crippen molar-refractivity contribution in [3.8, 4) is 17.3 Å². The highest BCUT2D eigenvalue weighted by Crippen LogP contribution is 2.30. The number of nitrogens with zero attached hydrogens (tertiary/aromatic N) is 4. The molecule has 0 bridgehead atoms. The minimum absolute atomic E-state index is 0.292. The molecule has 29 heavy (non-hydrogen) atoms. The van der Waals surface area contributed by atoms with Gasteiger partial charge in [0.05, 0.1) is 18.9 Å². The summed E-state index contributed by atoms with van der Waals surface area (Å²) in [5.41, 5.74) is 3.06. The molecule has 1 fully saturated rings. The third-order valence-corrected chi connectivity index (χ3v) is 5.21. The molecular formula is C22H27N5O2. The molecule has 0 aliphatic heterocycles. The van der Waals surface area contributed by atoms with Crippen molar-refractivity contribution in [1.29, 1.82) is 0 Å². The van der Waals surface area contributed by atoms with Gasteiger partial charge in [0.2, 0.25) is 0 Å². The van der Waals surface area contributed by atoms with Crippen LogP contribution >= 0.6 is 0 Å². The monoisotopic (exact) mass is 393 g/mol. The van der Waals surface area contributed by atoms with Crippen LogP contribution in [0, 0.1) is 13.8 Å². The number of anilines is 1. The van der Waals surface area contributed by atoms with Crippen molar-refractivity contribution in [3.05, 3.63) is 53.3 Å². The fourth-order valence-corrected chi connectivity index (χ4v) is 3.68. The van der Waals surface area contributed by atoms with Crippen molar-refractivity contribution in [2.45, 2.75) is 52.2 Å². The minimum atomic E-state index is 0.292. The number of methoxy groups -OCH3 is 1. The molecule has 1 N–H and O–H groups in total. The van der Waals surface area contributed by atoms with Gasteiger partial charge in [0.1, 0.15) is 17.3 Å². The van der Waals surface area contributed by atoms with E-state index >= 15 is 0 Å². The number of ether oxygens (including phenoxy) is 2. The van der Waals surface area contributed by atoms with E-state index in [1.54, 1.807) is 11.8 Å². The van der Waals surface area contributed by atoms with Gasteiger partial charge in [0.25, 0.3) is 0 Å². The average Bonchev–Trinajstić information content (AvgIpc) is 3.36. The van der Waals surface area contributed by atoms with Gasteiger partial charge < -0.3 is 14.8 Å². The fourth-order valence-electron chi connectivity index (χ4n) is 3.68. The Hall–Kier alpha value is -3.09. The molecule has 0 spiro atoms. The highest BCUT2D eigenvalue weighted by molar-refractivity contribution is 5.44. The van der Waals surface area contributed by atoms with E-state index in [9.17, 15) is 0 Å². The second kappa shape index (κ2) is 8.51. The molecule has 1 aliphatic carbocycles. The van der Waals surface area contributed by atoms with Gasteiger partial charge in [-0.1, -0.05) is 0 Å². The van der Waals surface area contributed by atoms with Crippen LogP contribution in [-0.2, 0) is 6.54 Å². The van der Waals surface area contributed by atoms with Gasteiger partial charge >= 0.3 is 0 Å². The summed E-state index contributed by atoms with van der Waals surface area (Å²) in [7, 11) is 1.67. The Bertz CT molecular complexity index is 962. The van der Waals surface area contributed by atoms with Crippen LogP contribution in [0.3, 0.4) is 0 Å². The number of rotatable bonds is 7. The van der Waals surface area contributed by atoms with Crippen LogP contribution in [0.25, 0.3) is 5.82 Å². The molecule has 0 radical (unpaired) electrons. The summed E-state index contributed by atoms with van der Waals surface area (Å²) in [6.07, 6.45) is 4.99. The lowest BCUT2D eigenvalue weighted by Gasteiger charge is -2.18. The van der Waals surface area contributed by atoms with Gasteiger partial charge in [0.15, 0.2) is 5.82 Å². The van der Waals surface area contributed by atoms with E-state index in [0.29, 0.717) is 24.3 Å². The molecule has 2 aromatic heterocycles. The summed E-state index contributed by atoms with van der Waals surface area (Å²) < 4.78 is 13.4. The summed E-state index contributed by atoms with van der Waals surface area (Å²) in [5, 5.41) is 16.4. The molecule has 1 saturated carbocycles. The van der Waals surface area contributed by atoms with E-state index in [1.807, 2.05) is 50.2 Å². The minimum Gasteiger partial charge on any atom is -0.497 e. The Morgan fingerprint density at radius 2 is 1.90 bits per heavy atom. The zero-order chi connectivity index (χ0) is 20.2. The molecule has 1 aliphatic rings. The number of benzene rings is 1. The lowest BCUT2D eigenvalue weighted by Crippen LogP contribution is -2.13. The Morgan fingerprint density at radius 1 is 1.07 bits per heavy atom. The molecule has 7 heteroatoms. The molecule has 1 aromatic carbocycles. The molecular weight excluding hydrogens is 366 g/mol. The number of aryl methyl sites for hydroxylation is 2. The van der Waals surface area contributed by atoms with E-state index in [0.717, 1.165) is 41.3 Å². The summed E-state index contributed by atoms with van der Waals surface area (Å²) in [6.45, 7) is 4.57. The number of aromatic nitrogens is 4. The van der Waals surface area contributed by atoms with Crippen molar-refractivity contribution >= 4 is 5.82 Å². The molecule has 2 heterocycles. The first-order valence-corrected chi connectivity index (χ1v) is 10.1. The smallest absolute Gasteiger partial charge is 0.176 e. The van der Waals surface area contributed by atoms with E-state index in [4.69, 9.17) is 9.47 Å². The van der Waals surface area contributed by atoms with Crippen LogP contribution < -0.4 is 14.8 Å². The zero-order valence-corrected chi connectivity index (χ0v) is 17.2. The van der Waals surface area contributed by atoms with Crippen LogP contribution in [0.2, 0.25) is 0 Å². The summed E-state index contributed by atoms with van der Waals surface area (Å²) in [6, 6.07) is 11.8. The van der Waals surface area contributed by atoms with E-state index in [1.165, 1.54) is 12.8 Å². The number of hydrogen-bond acceptors (Lipinski definition) is 6. The number of nitrogens with one attached hydrogen (secondary N) is 1. The number of hydrogen-bond donors (Lipinski definition) is 1. The summed E-state index contributed by atoms with van der Waals surface area (Å²) in [5.74, 6) is 3.08. The lowest BCUT2D eigenvalue weighted by molar-refractivity contribution is 0.207. The molecule has 0 saturated heterocycles. The molecule has 152 valence electrons. The molecule has 4 rings (SSSR count). The maximum Gasteiger partial charge on any atom is 0.176 e. The normalized spacial score (nSPS) is 14.2. The largest absolute Gasteiger partial charge is 0.497 e. The first-order chi connectivity index (χ1) is 14.1. The summed E-state index contributed by atoms with van der Waals surface area (Å²) >= 11 is 0. The molecule has 0 unspecified atom stereocenters. The van der Waals surface area contributed by atoms with Crippen LogP contribution in [0.1, 0.15) is 42.6 Å². The Kier molecular flexibility index (Phi) is 5.64. The van der Waals surface area contributed by atoms with Crippen molar-refractivity contribution in [2.24, 2.45) is 0 Å². The van der Waals surface area contributed by atoms with Crippen LogP contribution in [0.15, 0.2) is 36.4 Å². The summed E-state index contributed by atoms with van der Waals surface area (Å²) in [4.78, 5) is 0. The highest BCUT2D eigenvalue weighted by Gasteiger charge is 2.18. The van der Waals surface area contributed by atoms with Gasteiger partial charge in [-0.2, -0.15) is 5.10 Å². The molecule has 7 nitrogen and oxygen atoms in total. The van der Waals surface area contributed by atoms with E-state index in [2.05, 4.69) is 20.6 Å².